The van der Waals surface area contributed by atoms with Crippen LogP contribution in [0.4, 0.5) is 5.82 Å². The van der Waals surface area contributed by atoms with Crippen molar-refractivity contribution >= 4 is 11.7 Å². The number of rotatable bonds is 4. The summed E-state index contributed by atoms with van der Waals surface area (Å²) in [7, 11) is 3.80. The Balaban J connectivity index is 1.61. The number of amides is 1. The minimum Gasteiger partial charge on any atom is -0.362 e. The van der Waals surface area contributed by atoms with E-state index in [9.17, 15) is 4.79 Å². The maximum Gasteiger partial charge on any atom is 0.257 e. The molecule has 3 rings (SSSR count). The molecule has 0 aliphatic carbocycles. The van der Waals surface area contributed by atoms with Crippen molar-refractivity contribution in [3.63, 3.8) is 0 Å². The Hall–Kier alpha value is -2.41. The SMILES string of the molecule is Cc1cc(CN2CCN(C(=O)c3cccnc3N(C)C)CC2)no1. The van der Waals surface area contributed by atoms with E-state index in [1.165, 1.54) is 0 Å². The Labute approximate surface area is 141 Å². The van der Waals surface area contributed by atoms with Gasteiger partial charge in [-0.25, -0.2) is 4.98 Å². The monoisotopic (exact) mass is 329 g/mol. The first-order valence-corrected chi connectivity index (χ1v) is 8.11. The van der Waals surface area contributed by atoms with E-state index in [1.807, 2.05) is 49.0 Å². The average Bonchev–Trinajstić information content (AvgIpc) is 3.00. The number of aryl methyl sites for hydroxylation is 1. The number of piperazine rings is 1. The van der Waals surface area contributed by atoms with Gasteiger partial charge in [0.1, 0.15) is 11.6 Å². The van der Waals surface area contributed by atoms with Crippen molar-refractivity contribution in [1.82, 2.24) is 19.9 Å². The van der Waals surface area contributed by atoms with E-state index in [-0.39, 0.29) is 5.91 Å². The normalized spacial score (nSPS) is 15.5. The van der Waals surface area contributed by atoms with Crippen LogP contribution in [0.3, 0.4) is 0 Å². The highest BCUT2D eigenvalue weighted by molar-refractivity contribution is 5.98. The van der Waals surface area contributed by atoms with Crippen molar-refractivity contribution in [3.8, 4) is 0 Å². The molecule has 1 saturated heterocycles. The molecule has 1 aliphatic heterocycles. The molecule has 0 saturated carbocycles. The third-order valence-electron chi connectivity index (χ3n) is 4.16. The Morgan fingerprint density at radius 2 is 2.04 bits per heavy atom. The largest absolute Gasteiger partial charge is 0.362 e. The summed E-state index contributed by atoms with van der Waals surface area (Å²) >= 11 is 0. The van der Waals surface area contributed by atoms with E-state index in [2.05, 4.69) is 15.0 Å². The molecule has 24 heavy (non-hydrogen) atoms. The van der Waals surface area contributed by atoms with Crippen molar-refractivity contribution < 1.29 is 9.32 Å². The summed E-state index contributed by atoms with van der Waals surface area (Å²) in [5, 5.41) is 4.03. The number of hydrogen-bond acceptors (Lipinski definition) is 6. The van der Waals surface area contributed by atoms with E-state index < -0.39 is 0 Å². The minimum atomic E-state index is 0.0451. The van der Waals surface area contributed by atoms with Crippen molar-refractivity contribution in [2.75, 3.05) is 45.2 Å². The fourth-order valence-corrected chi connectivity index (χ4v) is 2.92. The predicted molar refractivity (Wildman–Crippen MR) is 91.0 cm³/mol. The van der Waals surface area contributed by atoms with Gasteiger partial charge in [0.2, 0.25) is 0 Å². The fraction of sp³-hybridized carbons (Fsp3) is 0.471. The van der Waals surface area contributed by atoms with Gasteiger partial charge < -0.3 is 14.3 Å². The van der Waals surface area contributed by atoms with Crippen LogP contribution in [0, 0.1) is 6.92 Å². The van der Waals surface area contributed by atoms with Crippen molar-refractivity contribution in [2.45, 2.75) is 13.5 Å². The first-order chi connectivity index (χ1) is 11.5. The van der Waals surface area contributed by atoms with E-state index in [4.69, 9.17) is 4.52 Å². The number of pyridine rings is 1. The van der Waals surface area contributed by atoms with Gasteiger partial charge >= 0.3 is 0 Å². The summed E-state index contributed by atoms with van der Waals surface area (Å²) in [4.78, 5) is 23.2. The lowest BCUT2D eigenvalue weighted by atomic mass is 10.2. The molecule has 128 valence electrons. The lowest BCUT2D eigenvalue weighted by Gasteiger charge is -2.34. The van der Waals surface area contributed by atoms with E-state index in [1.54, 1.807) is 6.20 Å². The molecule has 0 unspecified atom stereocenters. The molecular weight excluding hydrogens is 306 g/mol. The van der Waals surface area contributed by atoms with Gasteiger partial charge in [0.25, 0.3) is 5.91 Å². The second kappa shape index (κ2) is 7.00. The standard InChI is InChI=1S/C17H23N5O2/c1-13-11-14(19-24-13)12-21-7-9-22(10-8-21)17(23)15-5-4-6-18-16(15)20(2)3/h4-6,11H,7-10,12H2,1-3H3. The number of nitrogens with zero attached hydrogens (tertiary/aromatic N) is 5. The molecule has 1 aliphatic rings. The lowest BCUT2D eigenvalue weighted by Crippen LogP contribution is -2.48. The minimum absolute atomic E-state index is 0.0451. The summed E-state index contributed by atoms with van der Waals surface area (Å²) in [6.07, 6.45) is 1.71. The van der Waals surface area contributed by atoms with Crippen LogP contribution in [0.25, 0.3) is 0 Å². The quantitative estimate of drug-likeness (QED) is 0.845. The molecule has 2 aromatic rings. The van der Waals surface area contributed by atoms with Gasteiger partial charge in [0, 0.05) is 59.1 Å². The van der Waals surface area contributed by atoms with Gasteiger partial charge in [-0.05, 0) is 19.1 Å². The molecule has 1 amide bonds. The number of aromatic nitrogens is 2. The average molecular weight is 329 g/mol. The van der Waals surface area contributed by atoms with Crippen LogP contribution in [0.1, 0.15) is 21.8 Å². The molecule has 0 N–H and O–H groups in total. The Morgan fingerprint density at radius 3 is 2.67 bits per heavy atom. The summed E-state index contributed by atoms with van der Waals surface area (Å²) < 4.78 is 5.11. The Morgan fingerprint density at radius 1 is 1.29 bits per heavy atom. The third kappa shape index (κ3) is 3.56. The molecule has 7 heteroatoms. The first-order valence-electron chi connectivity index (χ1n) is 8.11. The van der Waals surface area contributed by atoms with Crippen LogP contribution in [0.2, 0.25) is 0 Å². The molecule has 0 atom stereocenters. The Bertz CT molecular complexity index is 705. The van der Waals surface area contributed by atoms with Crippen molar-refractivity contribution in [1.29, 1.82) is 0 Å². The zero-order valence-corrected chi connectivity index (χ0v) is 14.4. The highest BCUT2D eigenvalue weighted by Crippen LogP contribution is 2.18. The van der Waals surface area contributed by atoms with Crippen LogP contribution >= 0.6 is 0 Å². The molecule has 2 aromatic heterocycles. The van der Waals surface area contributed by atoms with Gasteiger partial charge in [-0.15, -0.1) is 0 Å². The summed E-state index contributed by atoms with van der Waals surface area (Å²) in [6.45, 7) is 5.72. The van der Waals surface area contributed by atoms with Crippen LogP contribution in [0.15, 0.2) is 28.9 Å². The molecule has 0 bridgehead atoms. The van der Waals surface area contributed by atoms with Crippen LogP contribution in [-0.4, -0.2) is 66.1 Å². The van der Waals surface area contributed by atoms with Gasteiger partial charge in [-0.2, -0.15) is 0 Å². The van der Waals surface area contributed by atoms with Crippen LogP contribution in [-0.2, 0) is 6.54 Å². The predicted octanol–water partition coefficient (Wildman–Crippen LogP) is 1.40. The number of carbonyl (C=O) groups excluding carboxylic acids is 1. The second-order valence-electron chi connectivity index (χ2n) is 6.27. The first kappa shape index (κ1) is 16.4. The fourth-order valence-electron chi connectivity index (χ4n) is 2.92. The molecule has 0 aromatic carbocycles. The van der Waals surface area contributed by atoms with Gasteiger partial charge in [0.15, 0.2) is 0 Å². The van der Waals surface area contributed by atoms with Crippen LogP contribution in [0.5, 0.6) is 0 Å². The topological polar surface area (TPSA) is 65.7 Å². The third-order valence-corrected chi connectivity index (χ3v) is 4.16. The van der Waals surface area contributed by atoms with E-state index in [0.29, 0.717) is 24.5 Å². The number of carbonyl (C=O) groups is 1. The Kier molecular flexibility index (Phi) is 4.80. The zero-order valence-electron chi connectivity index (χ0n) is 14.4. The van der Waals surface area contributed by atoms with Gasteiger partial charge in [-0.1, -0.05) is 5.16 Å². The summed E-state index contributed by atoms with van der Waals surface area (Å²) in [5.74, 6) is 1.58. The molecular formula is C17H23N5O2. The number of anilines is 1. The summed E-state index contributed by atoms with van der Waals surface area (Å²) in [5.41, 5.74) is 1.59. The van der Waals surface area contributed by atoms with Gasteiger partial charge in [-0.3, -0.25) is 9.69 Å². The maximum absolute atomic E-state index is 12.8. The molecule has 1 fully saturated rings. The molecule has 0 radical (unpaired) electrons. The summed E-state index contributed by atoms with van der Waals surface area (Å²) in [6, 6.07) is 5.61. The molecule has 0 spiro atoms. The highest BCUT2D eigenvalue weighted by atomic mass is 16.5. The van der Waals surface area contributed by atoms with Crippen molar-refractivity contribution in [3.05, 3.63) is 41.4 Å². The van der Waals surface area contributed by atoms with Crippen molar-refractivity contribution in [2.24, 2.45) is 0 Å². The van der Waals surface area contributed by atoms with Gasteiger partial charge in [0.05, 0.1) is 11.3 Å². The second-order valence-corrected chi connectivity index (χ2v) is 6.27. The molecule has 7 nitrogen and oxygen atoms in total. The molecule has 3 heterocycles. The maximum atomic E-state index is 12.8. The zero-order chi connectivity index (χ0) is 17.1. The van der Waals surface area contributed by atoms with Crippen LogP contribution < -0.4 is 4.90 Å². The number of hydrogen-bond donors (Lipinski definition) is 0. The lowest BCUT2D eigenvalue weighted by molar-refractivity contribution is 0.0626. The van der Waals surface area contributed by atoms with E-state index >= 15 is 0 Å². The smallest absolute Gasteiger partial charge is 0.257 e. The van der Waals surface area contributed by atoms with E-state index in [0.717, 1.165) is 31.1 Å². The highest BCUT2D eigenvalue weighted by Gasteiger charge is 2.25.